The normalized spacial score (nSPS) is 22.9. The quantitative estimate of drug-likeness (QED) is 0.724. The number of thioether (sulfide) groups is 1. The van der Waals surface area contributed by atoms with E-state index >= 15 is 0 Å². The Morgan fingerprint density at radius 1 is 1.43 bits per heavy atom. The lowest BCUT2D eigenvalue weighted by Gasteiger charge is -2.11. The highest BCUT2D eigenvalue weighted by Gasteiger charge is 2.27. The maximum atomic E-state index is 11.6. The molecule has 1 aliphatic rings. The highest BCUT2D eigenvalue weighted by Crippen LogP contribution is 2.17. The van der Waals surface area contributed by atoms with Crippen molar-refractivity contribution in [3.63, 3.8) is 0 Å². The molecular weight excluding hydrogens is 215 g/mol. The SMILES string of the molecule is FC(F)(F)COCCNC1CCSC1. The van der Waals surface area contributed by atoms with E-state index in [4.69, 9.17) is 0 Å². The Morgan fingerprint density at radius 3 is 2.79 bits per heavy atom. The predicted molar refractivity (Wildman–Crippen MR) is 50.6 cm³/mol. The van der Waals surface area contributed by atoms with Crippen molar-refractivity contribution in [2.75, 3.05) is 31.3 Å². The second kappa shape index (κ2) is 5.82. The number of rotatable bonds is 5. The highest BCUT2D eigenvalue weighted by atomic mass is 32.2. The van der Waals surface area contributed by atoms with Crippen LogP contribution < -0.4 is 5.32 Å². The molecule has 0 bridgehead atoms. The van der Waals surface area contributed by atoms with Crippen molar-refractivity contribution < 1.29 is 17.9 Å². The van der Waals surface area contributed by atoms with Gasteiger partial charge in [-0.2, -0.15) is 24.9 Å². The summed E-state index contributed by atoms with van der Waals surface area (Å²) in [4.78, 5) is 0. The van der Waals surface area contributed by atoms with Crippen molar-refractivity contribution in [3.8, 4) is 0 Å². The molecule has 1 unspecified atom stereocenters. The van der Waals surface area contributed by atoms with Crippen molar-refractivity contribution in [2.45, 2.75) is 18.6 Å². The van der Waals surface area contributed by atoms with E-state index in [1.165, 1.54) is 0 Å². The Morgan fingerprint density at radius 2 is 2.21 bits per heavy atom. The molecule has 1 atom stereocenters. The lowest BCUT2D eigenvalue weighted by Crippen LogP contribution is -2.32. The van der Waals surface area contributed by atoms with E-state index in [-0.39, 0.29) is 6.61 Å². The van der Waals surface area contributed by atoms with Crippen molar-refractivity contribution in [3.05, 3.63) is 0 Å². The molecule has 0 saturated carbocycles. The predicted octanol–water partition coefficient (Wildman–Crippen LogP) is 1.66. The van der Waals surface area contributed by atoms with Crippen LogP contribution in [-0.4, -0.2) is 43.5 Å². The van der Waals surface area contributed by atoms with Crippen LogP contribution >= 0.6 is 11.8 Å². The molecule has 0 spiro atoms. The number of hydrogen-bond acceptors (Lipinski definition) is 3. The molecule has 2 nitrogen and oxygen atoms in total. The first-order valence-corrected chi connectivity index (χ1v) is 5.69. The second-order valence-corrected chi connectivity index (χ2v) is 4.33. The molecule has 14 heavy (non-hydrogen) atoms. The van der Waals surface area contributed by atoms with Crippen LogP contribution in [0.15, 0.2) is 0 Å². The molecule has 6 heteroatoms. The van der Waals surface area contributed by atoms with Crippen LogP contribution in [0.1, 0.15) is 6.42 Å². The van der Waals surface area contributed by atoms with E-state index < -0.39 is 12.8 Å². The summed E-state index contributed by atoms with van der Waals surface area (Å²) in [6, 6.07) is 0.453. The fourth-order valence-corrected chi connectivity index (χ4v) is 2.41. The van der Waals surface area contributed by atoms with Gasteiger partial charge in [0, 0.05) is 18.3 Å². The maximum absolute atomic E-state index is 11.6. The lowest BCUT2D eigenvalue weighted by molar-refractivity contribution is -0.173. The van der Waals surface area contributed by atoms with Gasteiger partial charge in [0.25, 0.3) is 0 Å². The Labute approximate surface area is 85.6 Å². The first-order chi connectivity index (χ1) is 6.58. The third-order valence-electron chi connectivity index (χ3n) is 1.87. The van der Waals surface area contributed by atoms with Gasteiger partial charge in [-0.1, -0.05) is 0 Å². The second-order valence-electron chi connectivity index (χ2n) is 3.18. The van der Waals surface area contributed by atoms with Gasteiger partial charge < -0.3 is 10.1 Å². The minimum Gasteiger partial charge on any atom is -0.371 e. The van der Waals surface area contributed by atoms with Gasteiger partial charge in [0.05, 0.1) is 6.61 Å². The van der Waals surface area contributed by atoms with Gasteiger partial charge in [-0.3, -0.25) is 0 Å². The van der Waals surface area contributed by atoms with Gasteiger partial charge in [0.15, 0.2) is 0 Å². The van der Waals surface area contributed by atoms with Gasteiger partial charge in [0.1, 0.15) is 6.61 Å². The summed E-state index contributed by atoms with van der Waals surface area (Å²) in [7, 11) is 0. The zero-order valence-electron chi connectivity index (χ0n) is 7.77. The standard InChI is InChI=1S/C8H14F3NOS/c9-8(10,11)6-13-3-2-12-7-1-4-14-5-7/h7,12H,1-6H2. The summed E-state index contributed by atoms with van der Waals surface area (Å²) < 4.78 is 39.4. The van der Waals surface area contributed by atoms with E-state index in [0.717, 1.165) is 17.9 Å². The van der Waals surface area contributed by atoms with E-state index in [9.17, 15) is 13.2 Å². The Bertz CT molecular complexity index is 159. The molecular formula is C8H14F3NOS. The Kier molecular flexibility index (Phi) is 5.05. The number of ether oxygens (including phenoxy) is 1. The molecule has 0 radical (unpaired) electrons. The average Bonchev–Trinajstić information content (AvgIpc) is 2.54. The molecule has 0 aromatic carbocycles. The van der Waals surface area contributed by atoms with Gasteiger partial charge in [-0.25, -0.2) is 0 Å². The average molecular weight is 229 g/mol. The summed E-state index contributed by atoms with van der Waals surface area (Å²) in [5.74, 6) is 2.19. The first-order valence-electron chi connectivity index (χ1n) is 4.53. The summed E-state index contributed by atoms with van der Waals surface area (Å²) in [5.41, 5.74) is 0. The molecule has 1 fully saturated rings. The fraction of sp³-hybridized carbons (Fsp3) is 1.00. The molecule has 0 aromatic heterocycles. The summed E-state index contributed by atoms with van der Waals surface area (Å²) in [6.45, 7) is -0.518. The molecule has 1 heterocycles. The van der Waals surface area contributed by atoms with Crippen LogP contribution in [0.25, 0.3) is 0 Å². The number of alkyl halides is 3. The van der Waals surface area contributed by atoms with Crippen molar-refractivity contribution >= 4 is 11.8 Å². The zero-order valence-corrected chi connectivity index (χ0v) is 8.59. The zero-order chi connectivity index (χ0) is 10.4. The first kappa shape index (κ1) is 12.1. The van der Waals surface area contributed by atoms with Gasteiger partial charge in [0.2, 0.25) is 0 Å². The summed E-state index contributed by atoms with van der Waals surface area (Å²) in [6.07, 6.45) is -3.10. The summed E-state index contributed by atoms with van der Waals surface area (Å²) in [5, 5.41) is 3.15. The number of nitrogens with one attached hydrogen (secondary N) is 1. The summed E-state index contributed by atoms with van der Waals surface area (Å²) >= 11 is 1.87. The third-order valence-corrected chi connectivity index (χ3v) is 3.04. The van der Waals surface area contributed by atoms with E-state index in [1.54, 1.807) is 0 Å². The molecule has 0 amide bonds. The molecule has 1 saturated heterocycles. The van der Waals surface area contributed by atoms with Crippen LogP contribution in [0.2, 0.25) is 0 Å². The third kappa shape index (κ3) is 5.72. The van der Waals surface area contributed by atoms with Crippen LogP contribution in [0, 0.1) is 0 Å². The highest BCUT2D eigenvalue weighted by molar-refractivity contribution is 7.99. The van der Waals surface area contributed by atoms with Crippen LogP contribution in [0.5, 0.6) is 0 Å². The van der Waals surface area contributed by atoms with Crippen molar-refractivity contribution in [1.29, 1.82) is 0 Å². The van der Waals surface area contributed by atoms with Crippen molar-refractivity contribution in [2.24, 2.45) is 0 Å². The largest absolute Gasteiger partial charge is 0.411 e. The minimum absolute atomic E-state index is 0.126. The van der Waals surface area contributed by atoms with Gasteiger partial charge >= 0.3 is 6.18 Å². The number of halogens is 3. The van der Waals surface area contributed by atoms with Crippen LogP contribution in [-0.2, 0) is 4.74 Å². The van der Waals surface area contributed by atoms with E-state index in [2.05, 4.69) is 10.1 Å². The van der Waals surface area contributed by atoms with Crippen LogP contribution in [0.4, 0.5) is 13.2 Å². The molecule has 1 N–H and O–H groups in total. The Balaban J connectivity index is 1.89. The van der Waals surface area contributed by atoms with Crippen LogP contribution in [0.3, 0.4) is 0 Å². The van der Waals surface area contributed by atoms with Crippen molar-refractivity contribution in [1.82, 2.24) is 5.32 Å². The lowest BCUT2D eigenvalue weighted by atomic mass is 10.3. The Hall–Kier alpha value is 0.0600. The van der Waals surface area contributed by atoms with E-state index in [1.807, 2.05) is 11.8 Å². The topological polar surface area (TPSA) is 21.3 Å². The monoisotopic (exact) mass is 229 g/mol. The maximum Gasteiger partial charge on any atom is 0.411 e. The number of hydrogen-bond donors (Lipinski definition) is 1. The van der Waals surface area contributed by atoms with Gasteiger partial charge in [-0.05, 0) is 12.2 Å². The minimum atomic E-state index is -4.21. The molecule has 1 rings (SSSR count). The molecule has 0 aromatic rings. The smallest absolute Gasteiger partial charge is 0.371 e. The molecule has 1 aliphatic heterocycles. The fourth-order valence-electron chi connectivity index (χ4n) is 1.22. The molecule has 84 valence electrons. The van der Waals surface area contributed by atoms with E-state index in [0.29, 0.717) is 12.6 Å². The van der Waals surface area contributed by atoms with Gasteiger partial charge in [-0.15, -0.1) is 0 Å². The molecule has 0 aliphatic carbocycles.